The van der Waals surface area contributed by atoms with Crippen molar-refractivity contribution in [2.75, 3.05) is 11.9 Å². The fourth-order valence-electron chi connectivity index (χ4n) is 1.10. The first-order valence-corrected chi connectivity index (χ1v) is 5.35. The van der Waals surface area contributed by atoms with Gasteiger partial charge in [0.15, 0.2) is 11.6 Å². The third kappa shape index (κ3) is 3.43. The highest BCUT2D eigenvalue weighted by molar-refractivity contribution is 5.35. The van der Waals surface area contributed by atoms with E-state index < -0.39 is 11.6 Å². The van der Waals surface area contributed by atoms with Crippen LogP contribution in [0.2, 0.25) is 0 Å². The van der Waals surface area contributed by atoms with Gasteiger partial charge in [0, 0.05) is 12.6 Å². The van der Waals surface area contributed by atoms with E-state index in [-0.39, 0.29) is 11.2 Å². The van der Waals surface area contributed by atoms with Crippen molar-refractivity contribution >= 4 is 5.82 Å². The highest BCUT2D eigenvalue weighted by atomic mass is 19.1. The fourth-order valence-corrected chi connectivity index (χ4v) is 1.10. The van der Waals surface area contributed by atoms with Gasteiger partial charge in [-0.3, -0.25) is 0 Å². The van der Waals surface area contributed by atoms with Crippen molar-refractivity contribution in [2.45, 2.75) is 27.7 Å². The smallest absolute Gasteiger partial charge is 0.168 e. The summed E-state index contributed by atoms with van der Waals surface area (Å²) in [6, 6.07) is 0.830. The molecule has 1 unspecified atom stereocenters. The van der Waals surface area contributed by atoms with Crippen molar-refractivity contribution in [3.8, 4) is 0 Å². The van der Waals surface area contributed by atoms with Crippen LogP contribution >= 0.6 is 0 Å². The largest absolute Gasteiger partial charge is 0.367 e. The SMILES string of the molecule is CC(CNc1ncc(F)cc1F)C(C)(C)C. The van der Waals surface area contributed by atoms with Crippen LogP contribution in [0.1, 0.15) is 27.7 Å². The highest BCUT2D eigenvalue weighted by Gasteiger charge is 2.20. The summed E-state index contributed by atoms with van der Waals surface area (Å²) in [5, 5.41) is 2.89. The molecule has 4 heteroatoms. The Bertz CT molecular complexity index is 359. The molecule has 0 aliphatic carbocycles. The van der Waals surface area contributed by atoms with Gasteiger partial charge in [0.25, 0.3) is 0 Å². The minimum atomic E-state index is -0.660. The topological polar surface area (TPSA) is 24.9 Å². The number of hydrogen-bond donors (Lipinski definition) is 1. The molecule has 1 rings (SSSR count). The van der Waals surface area contributed by atoms with Crippen molar-refractivity contribution in [3.05, 3.63) is 23.9 Å². The molecule has 0 bridgehead atoms. The van der Waals surface area contributed by atoms with Crippen molar-refractivity contribution in [1.82, 2.24) is 4.98 Å². The predicted octanol–water partition coefficient (Wildman–Crippen LogP) is 3.45. The molecule has 16 heavy (non-hydrogen) atoms. The third-order valence-electron chi connectivity index (χ3n) is 2.86. The van der Waals surface area contributed by atoms with Gasteiger partial charge in [0.05, 0.1) is 6.20 Å². The molecule has 2 nitrogen and oxygen atoms in total. The summed E-state index contributed by atoms with van der Waals surface area (Å²) in [6.45, 7) is 9.04. The standard InChI is InChI=1S/C12H18F2N2/c1-8(12(2,3)4)6-15-11-10(14)5-9(13)7-16-11/h5,7-8H,6H2,1-4H3,(H,15,16). The molecule has 1 heterocycles. The molecule has 0 fully saturated rings. The summed E-state index contributed by atoms with van der Waals surface area (Å²) in [4.78, 5) is 3.67. The molecule has 1 aromatic rings. The Morgan fingerprint density at radius 2 is 2.00 bits per heavy atom. The zero-order valence-corrected chi connectivity index (χ0v) is 10.1. The molecular weight excluding hydrogens is 210 g/mol. The summed E-state index contributed by atoms with van der Waals surface area (Å²) in [5.74, 6) is -0.843. The Labute approximate surface area is 95.1 Å². The number of pyridine rings is 1. The minimum absolute atomic E-state index is 0.109. The van der Waals surface area contributed by atoms with Gasteiger partial charge in [-0.1, -0.05) is 27.7 Å². The van der Waals surface area contributed by atoms with Crippen LogP contribution in [0, 0.1) is 23.0 Å². The summed E-state index contributed by atoms with van der Waals surface area (Å²) < 4.78 is 25.8. The molecule has 0 radical (unpaired) electrons. The van der Waals surface area contributed by atoms with Crippen LogP contribution in [0.3, 0.4) is 0 Å². The second kappa shape index (κ2) is 4.76. The van der Waals surface area contributed by atoms with E-state index in [1.807, 2.05) is 0 Å². The highest BCUT2D eigenvalue weighted by Crippen LogP contribution is 2.25. The van der Waals surface area contributed by atoms with Crippen LogP contribution in [0.25, 0.3) is 0 Å². The summed E-state index contributed by atoms with van der Waals surface area (Å²) in [7, 11) is 0. The number of nitrogens with zero attached hydrogens (tertiary/aromatic N) is 1. The lowest BCUT2D eigenvalue weighted by molar-refractivity contribution is 0.274. The van der Waals surface area contributed by atoms with Gasteiger partial charge in [-0.15, -0.1) is 0 Å². The number of aromatic nitrogens is 1. The lowest BCUT2D eigenvalue weighted by Gasteiger charge is -2.27. The molecular formula is C12H18F2N2. The van der Waals surface area contributed by atoms with Crippen LogP contribution in [0.4, 0.5) is 14.6 Å². The molecule has 1 aromatic heterocycles. The molecule has 0 aromatic carbocycles. The lowest BCUT2D eigenvalue weighted by atomic mass is 9.82. The molecule has 0 saturated heterocycles. The zero-order chi connectivity index (χ0) is 12.3. The quantitative estimate of drug-likeness (QED) is 0.857. The maximum atomic E-state index is 13.2. The van der Waals surface area contributed by atoms with E-state index in [9.17, 15) is 8.78 Å². The monoisotopic (exact) mass is 228 g/mol. The Morgan fingerprint density at radius 3 is 2.50 bits per heavy atom. The Hall–Kier alpha value is -1.19. The van der Waals surface area contributed by atoms with Gasteiger partial charge in [-0.05, 0) is 11.3 Å². The van der Waals surface area contributed by atoms with E-state index in [0.29, 0.717) is 12.5 Å². The summed E-state index contributed by atoms with van der Waals surface area (Å²) >= 11 is 0. The average Bonchev–Trinajstić information content (AvgIpc) is 2.14. The maximum absolute atomic E-state index is 13.2. The lowest BCUT2D eigenvalue weighted by Crippen LogP contribution is -2.25. The van der Waals surface area contributed by atoms with Crippen molar-refractivity contribution in [1.29, 1.82) is 0 Å². The fraction of sp³-hybridized carbons (Fsp3) is 0.583. The zero-order valence-electron chi connectivity index (χ0n) is 10.1. The number of halogens is 2. The van der Waals surface area contributed by atoms with Crippen LogP contribution in [0.15, 0.2) is 12.3 Å². The number of hydrogen-bond acceptors (Lipinski definition) is 2. The number of nitrogens with one attached hydrogen (secondary N) is 1. The number of rotatable bonds is 3. The van der Waals surface area contributed by atoms with Crippen LogP contribution in [-0.2, 0) is 0 Å². The van der Waals surface area contributed by atoms with E-state index in [2.05, 4.69) is 38.0 Å². The second-order valence-corrected chi connectivity index (χ2v) is 5.13. The first-order chi connectivity index (χ1) is 7.30. The summed E-state index contributed by atoms with van der Waals surface area (Å²) in [6.07, 6.45) is 1.01. The Morgan fingerprint density at radius 1 is 1.38 bits per heavy atom. The van der Waals surface area contributed by atoms with Gasteiger partial charge in [-0.2, -0.15) is 0 Å². The first kappa shape index (κ1) is 12.9. The van der Waals surface area contributed by atoms with E-state index in [1.54, 1.807) is 0 Å². The average molecular weight is 228 g/mol. The van der Waals surface area contributed by atoms with Gasteiger partial charge in [-0.25, -0.2) is 13.8 Å². The first-order valence-electron chi connectivity index (χ1n) is 5.35. The van der Waals surface area contributed by atoms with Gasteiger partial charge in [0.1, 0.15) is 5.82 Å². The predicted molar refractivity (Wildman–Crippen MR) is 61.3 cm³/mol. The molecule has 1 atom stereocenters. The Kier molecular flexibility index (Phi) is 3.83. The van der Waals surface area contributed by atoms with Crippen LogP contribution in [-0.4, -0.2) is 11.5 Å². The molecule has 0 spiro atoms. The molecule has 90 valence electrons. The van der Waals surface area contributed by atoms with Crippen molar-refractivity contribution in [2.24, 2.45) is 11.3 Å². The van der Waals surface area contributed by atoms with Crippen molar-refractivity contribution < 1.29 is 8.78 Å². The Balaban J connectivity index is 2.62. The van der Waals surface area contributed by atoms with Crippen molar-refractivity contribution in [3.63, 3.8) is 0 Å². The van der Waals surface area contributed by atoms with Gasteiger partial charge >= 0.3 is 0 Å². The summed E-state index contributed by atoms with van der Waals surface area (Å²) in [5.41, 5.74) is 0.142. The molecule has 1 N–H and O–H groups in total. The minimum Gasteiger partial charge on any atom is -0.367 e. The third-order valence-corrected chi connectivity index (χ3v) is 2.86. The van der Waals surface area contributed by atoms with Crippen LogP contribution in [0.5, 0.6) is 0 Å². The van der Waals surface area contributed by atoms with E-state index in [0.717, 1.165) is 12.3 Å². The van der Waals surface area contributed by atoms with Gasteiger partial charge in [0.2, 0.25) is 0 Å². The number of anilines is 1. The molecule has 0 saturated carbocycles. The molecule has 0 aliphatic heterocycles. The maximum Gasteiger partial charge on any atom is 0.168 e. The van der Waals surface area contributed by atoms with Gasteiger partial charge < -0.3 is 5.32 Å². The molecule has 0 amide bonds. The molecule has 0 aliphatic rings. The van der Waals surface area contributed by atoms with E-state index in [1.165, 1.54) is 0 Å². The second-order valence-electron chi connectivity index (χ2n) is 5.13. The van der Waals surface area contributed by atoms with E-state index >= 15 is 0 Å². The normalized spacial score (nSPS) is 13.6. The van der Waals surface area contributed by atoms with Crippen LogP contribution < -0.4 is 5.32 Å². The van der Waals surface area contributed by atoms with E-state index in [4.69, 9.17) is 0 Å².